The number of rotatable bonds is 4. The van der Waals surface area contributed by atoms with Crippen molar-refractivity contribution in [2.75, 3.05) is 13.1 Å². The normalized spacial score (nSPS) is 18.3. The Kier molecular flexibility index (Phi) is 5.61. The Labute approximate surface area is 138 Å². The van der Waals surface area contributed by atoms with Gasteiger partial charge in [0.15, 0.2) is 0 Å². The standard InChI is InChI=1S/C19H25NO3/c1-5-15-11-17(22-14-16-9-7-6-8-10-16)13-20(12-15)18(21)23-19(2,3)4/h5-11,17H,1,12-14H2,2-4H3. The molecule has 0 aliphatic carbocycles. The number of carbonyl (C=O) groups excluding carboxylic acids is 1. The average Bonchev–Trinajstić information content (AvgIpc) is 2.52. The van der Waals surface area contributed by atoms with Gasteiger partial charge in [0, 0.05) is 6.54 Å². The molecule has 1 aliphatic rings. The Morgan fingerprint density at radius 1 is 1.35 bits per heavy atom. The second-order valence-electron chi connectivity index (χ2n) is 6.64. The molecule has 0 aromatic heterocycles. The molecular weight excluding hydrogens is 290 g/mol. The van der Waals surface area contributed by atoms with Crippen molar-refractivity contribution in [1.29, 1.82) is 0 Å². The molecule has 0 fully saturated rings. The largest absolute Gasteiger partial charge is 0.444 e. The van der Waals surface area contributed by atoms with E-state index in [4.69, 9.17) is 9.47 Å². The maximum absolute atomic E-state index is 12.3. The molecule has 1 aromatic rings. The lowest BCUT2D eigenvalue weighted by molar-refractivity contribution is 0.00337. The first-order valence-corrected chi connectivity index (χ1v) is 7.84. The molecule has 2 rings (SSSR count). The minimum absolute atomic E-state index is 0.163. The predicted octanol–water partition coefficient (Wildman–Crippen LogP) is 3.93. The van der Waals surface area contributed by atoms with Crippen LogP contribution in [0, 0.1) is 0 Å². The molecular formula is C19H25NO3. The number of ether oxygens (including phenoxy) is 2. The second-order valence-corrected chi connectivity index (χ2v) is 6.64. The fourth-order valence-electron chi connectivity index (χ4n) is 2.32. The summed E-state index contributed by atoms with van der Waals surface area (Å²) in [5.74, 6) is 0. The summed E-state index contributed by atoms with van der Waals surface area (Å²) in [4.78, 5) is 13.9. The minimum Gasteiger partial charge on any atom is -0.444 e. The van der Waals surface area contributed by atoms with Crippen molar-refractivity contribution < 1.29 is 14.3 Å². The Balaban J connectivity index is 1.99. The number of amides is 1. The zero-order valence-electron chi connectivity index (χ0n) is 14.1. The van der Waals surface area contributed by atoms with Crippen LogP contribution in [0.4, 0.5) is 4.79 Å². The fourth-order valence-corrected chi connectivity index (χ4v) is 2.32. The van der Waals surface area contributed by atoms with Crippen LogP contribution < -0.4 is 0 Å². The zero-order chi connectivity index (χ0) is 16.9. The van der Waals surface area contributed by atoms with Crippen LogP contribution in [0.2, 0.25) is 0 Å². The third kappa shape index (κ3) is 5.57. The highest BCUT2D eigenvalue weighted by atomic mass is 16.6. The number of carbonyl (C=O) groups is 1. The van der Waals surface area contributed by atoms with E-state index in [1.54, 1.807) is 11.0 Å². The number of hydrogen-bond acceptors (Lipinski definition) is 3. The van der Waals surface area contributed by atoms with Crippen molar-refractivity contribution in [3.8, 4) is 0 Å². The quantitative estimate of drug-likeness (QED) is 0.845. The molecule has 0 spiro atoms. The SMILES string of the molecule is C=CC1=CC(OCc2ccccc2)CN(C(=O)OC(C)(C)C)C1. The molecule has 0 saturated carbocycles. The highest BCUT2D eigenvalue weighted by molar-refractivity contribution is 5.69. The van der Waals surface area contributed by atoms with Crippen molar-refractivity contribution in [2.45, 2.75) is 39.1 Å². The van der Waals surface area contributed by atoms with Gasteiger partial charge in [0.05, 0.1) is 19.3 Å². The summed E-state index contributed by atoms with van der Waals surface area (Å²) in [6.45, 7) is 10.9. The van der Waals surface area contributed by atoms with Crippen molar-refractivity contribution in [1.82, 2.24) is 4.90 Å². The zero-order valence-corrected chi connectivity index (χ0v) is 14.1. The molecule has 1 unspecified atom stereocenters. The first kappa shape index (κ1) is 17.3. The number of hydrogen-bond donors (Lipinski definition) is 0. The van der Waals surface area contributed by atoms with Gasteiger partial charge in [-0.1, -0.05) is 43.0 Å². The van der Waals surface area contributed by atoms with Crippen LogP contribution in [0.15, 0.2) is 54.6 Å². The smallest absolute Gasteiger partial charge is 0.410 e. The fraction of sp³-hybridized carbons (Fsp3) is 0.421. The van der Waals surface area contributed by atoms with Crippen molar-refractivity contribution in [2.24, 2.45) is 0 Å². The molecule has 0 saturated heterocycles. The molecule has 0 radical (unpaired) electrons. The van der Waals surface area contributed by atoms with Crippen molar-refractivity contribution in [3.05, 3.63) is 60.2 Å². The van der Waals surface area contributed by atoms with Crippen molar-refractivity contribution >= 4 is 6.09 Å². The minimum atomic E-state index is -0.507. The van der Waals surface area contributed by atoms with E-state index in [2.05, 4.69) is 6.58 Å². The molecule has 1 heterocycles. The summed E-state index contributed by atoms with van der Waals surface area (Å²) in [7, 11) is 0. The van der Waals surface area contributed by atoms with Crippen LogP contribution in [0.3, 0.4) is 0 Å². The molecule has 4 heteroatoms. The van der Waals surface area contributed by atoms with Crippen LogP contribution in [0.25, 0.3) is 0 Å². The van der Waals surface area contributed by atoms with Gasteiger partial charge in [0.1, 0.15) is 5.60 Å². The number of benzene rings is 1. The second kappa shape index (κ2) is 7.47. The topological polar surface area (TPSA) is 38.8 Å². The van der Waals surface area contributed by atoms with Gasteiger partial charge in [-0.25, -0.2) is 4.79 Å². The van der Waals surface area contributed by atoms with E-state index in [0.717, 1.165) is 11.1 Å². The molecule has 1 aromatic carbocycles. The van der Waals surface area contributed by atoms with Gasteiger partial charge >= 0.3 is 6.09 Å². The van der Waals surface area contributed by atoms with E-state index in [9.17, 15) is 4.79 Å². The Morgan fingerprint density at radius 3 is 2.65 bits per heavy atom. The Bertz CT molecular complexity index is 572. The lowest BCUT2D eigenvalue weighted by Gasteiger charge is -2.33. The van der Waals surface area contributed by atoms with Crippen LogP contribution in [0.1, 0.15) is 26.3 Å². The summed E-state index contributed by atoms with van der Waals surface area (Å²) < 4.78 is 11.4. The van der Waals surface area contributed by atoms with Crippen LogP contribution in [0.5, 0.6) is 0 Å². The van der Waals surface area contributed by atoms with E-state index >= 15 is 0 Å². The molecule has 0 bridgehead atoms. The van der Waals surface area contributed by atoms with Gasteiger partial charge in [0.2, 0.25) is 0 Å². The first-order chi connectivity index (χ1) is 10.9. The molecule has 4 nitrogen and oxygen atoms in total. The summed E-state index contributed by atoms with van der Waals surface area (Å²) in [6, 6.07) is 9.98. The summed E-state index contributed by atoms with van der Waals surface area (Å²) in [6.07, 6.45) is 3.30. The average molecular weight is 315 g/mol. The van der Waals surface area contributed by atoms with Crippen LogP contribution >= 0.6 is 0 Å². The molecule has 23 heavy (non-hydrogen) atoms. The molecule has 1 atom stereocenters. The third-order valence-corrected chi connectivity index (χ3v) is 3.39. The highest BCUT2D eigenvalue weighted by Gasteiger charge is 2.27. The molecule has 0 N–H and O–H groups in total. The Morgan fingerprint density at radius 2 is 2.04 bits per heavy atom. The molecule has 1 aliphatic heterocycles. The molecule has 1 amide bonds. The summed E-state index contributed by atoms with van der Waals surface area (Å²) >= 11 is 0. The van der Waals surface area contributed by atoms with Gasteiger partial charge in [0.25, 0.3) is 0 Å². The van der Waals surface area contributed by atoms with Gasteiger partial charge in [-0.3, -0.25) is 0 Å². The highest BCUT2D eigenvalue weighted by Crippen LogP contribution is 2.18. The van der Waals surface area contributed by atoms with Gasteiger partial charge in [-0.15, -0.1) is 0 Å². The van der Waals surface area contributed by atoms with Gasteiger partial charge in [-0.2, -0.15) is 0 Å². The lowest BCUT2D eigenvalue weighted by atomic mass is 10.1. The summed E-state index contributed by atoms with van der Waals surface area (Å²) in [5, 5.41) is 0. The first-order valence-electron chi connectivity index (χ1n) is 7.84. The maximum atomic E-state index is 12.3. The van der Waals surface area contributed by atoms with Crippen molar-refractivity contribution in [3.63, 3.8) is 0 Å². The van der Waals surface area contributed by atoms with E-state index in [1.807, 2.05) is 57.2 Å². The van der Waals surface area contributed by atoms with E-state index in [-0.39, 0.29) is 12.2 Å². The van der Waals surface area contributed by atoms with Gasteiger partial charge < -0.3 is 14.4 Å². The lowest BCUT2D eigenvalue weighted by Crippen LogP contribution is -2.44. The van der Waals surface area contributed by atoms with E-state index in [1.165, 1.54) is 0 Å². The predicted molar refractivity (Wildman–Crippen MR) is 91.1 cm³/mol. The third-order valence-electron chi connectivity index (χ3n) is 3.39. The monoisotopic (exact) mass is 315 g/mol. The molecule has 124 valence electrons. The maximum Gasteiger partial charge on any atom is 0.410 e. The van der Waals surface area contributed by atoms with Gasteiger partial charge in [-0.05, 0) is 38.0 Å². The van der Waals surface area contributed by atoms with Crippen LogP contribution in [-0.2, 0) is 16.1 Å². The van der Waals surface area contributed by atoms with E-state index in [0.29, 0.717) is 19.7 Å². The summed E-state index contributed by atoms with van der Waals surface area (Å²) in [5.41, 5.74) is 1.57. The number of nitrogens with zero attached hydrogens (tertiary/aromatic N) is 1. The Hall–Kier alpha value is -2.07. The van der Waals surface area contributed by atoms with Crippen LogP contribution in [-0.4, -0.2) is 35.8 Å². The van der Waals surface area contributed by atoms with E-state index < -0.39 is 5.60 Å².